The molecule has 0 spiro atoms. The van der Waals surface area contributed by atoms with Crippen molar-refractivity contribution in [1.82, 2.24) is 0 Å². The van der Waals surface area contributed by atoms with E-state index in [1.165, 1.54) is 6.42 Å². The van der Waals surface area contributed by atoms with E-state index >= 15 is 0 Å². The summed E-state index contributed by atoms with van der Waals surface area (Å²) < 4.78 is 5.10. The fraction of sp³-hybridized carbons (Fsp3) is 0.857. The number of methoxy groups -OCH3 is 1. The third-order valence-electron chi connectivity index (χ3n) is 1.93. The Balaban J connectivity index is 2.50. The summed E-state index contributed by atoms with van der Waals surface area (Å²) in [6.07, 6.45) is 4.25. The number of nitrogens with zero attached hydrogens (tertiary/aromatic N) is 1. The van der Waals surface area contributed by atoms with Crippen LogP contribution in [0.4, 0.5) is 0 Å². The van der Waals surface area contributed by atoms with Crippen LogP contribution in [0.5, 0.6) is 0 Å². The molecule has 1 rings (SSSR count). The first-order chi connectivity index (χ1) is 4.88. The molecular formula is C7H13NO2. The van der Waals surface area contributed by atoms with E-state index < -0.39 is 0 Å². The Kier molecular flexibility index (Phi) is 2.68. The number of rotatable bonds is 1. The van der Waals surface area contributed by atoms with Gasteiger partial charge in [0, 0.05) is 7.11 Å². The van der Waals surface area contributed by atoms with Gasteiger partial charge in [-0.05, 0) is 19.3 Å². The second kappa shape index (κ2) is 3.56. The summed E-state index contributed by atoms with van der Waals surface area (Å²) in [5.74, 6) is 0. The van der Waals surface area contributed by atoms with Crippen LogP contribution >= 0.6 is 0 Å². The highest BCUT2D eigenvalue weighted by Gasteiger charge is 2.19. The quantitative estimate of drug-likeness (QED) is 0.445. The highest BCUT2D eigenvalue weighted by Crippen LogP contribution is 2.17. The monoisotopic (exact) mass is 143 g/mol. The Labute approximate surface area is 60.7 Å². The molecule has 0 aromatic heterocycles. The molecule has 1 aliphatic carbocycles. The lowest BCUT2D eigenvalue weighted by Crippen LogP contribution is -2.26. The predicted molar refractivity (Wildman–Crippen MR) is 38.5 cm³/mol. The third-order valence-corrected chi connectivity index (χ3v) is 1.93. The van der Waals surface area contributed by atoms with E-state index in [1.807, 2.05) is 0 Å². The topological polar surface area (TPSA) is 41.8 Å². The number of ether oxygens (including phenoxy) is 1. The van der Waals surface area contributed by atoms with Gasteiger partial charge in [-0.3, -0.25) is 0 Å². The molecule has 0 aliphatic heterocycles. The molecule has 1 saturated carbocycles. The lowest BCUT2D eigenvalue weighted by Gasteiger charge is -2.20. The molecule has 1 fully saturated rings. The summed E-state index contributed by atoms with van der Waals surface area (Å²) in [5, 5.41) is 11.7. The zero-order chi connectivity index (χ0) is 7.40. The molecule has 10 heavy (non-hydrogen) atoms. The van der Waals surface area contributed by atoms with Crippen molar-refractivity contribution in [1.29, 1.82) is 0 Å². The van der Waals surface area contributed by atoms with Crippen molar-refractivity contribution in [3.05, 3.63) is 0 Å². The minimum Gasteiger partial charge on any atom is -0.411 e. The van der Waals surface area contributed by atoms with E-state index in [0.717, 1.165) is 25.0 Å². The largest absolute Gasteiger partial charge is 0.411 e. The molecule has 0 aromatic rings. The Hall–Kier alpha value is -0.570. The third kappa shape index (κ3) is 1.48. The molecule has 3 heteroatoms. The molecular weight excluding hydrogens is 130 g/mol. The van der Waals surface area contributed by atoms with Gasteiger partial charge in [0.05, 0.1) is 11.8 Å². The average molecular weight is 143 g/mol. The standard InChI is InChI=1S/C7H13NO2/c1-10-7-5-3-2-4-6(7)8-9/h7,9H,2-5H2,1H3. The van der Waals surface area contributed by atoms with Gasteiger partial charge in [-0.1, -0.05) is 11.6 Å². The van der Waals surface area contributed by atoms with Crippen LogP contribution in [0.25, 0.3) is 0 Å². The van der Waals surface area contributed by atoms with Crippen molar-refractivity contribution in [2.24, 2.45) is 5.16 Å². The summed E-state index contributed by atoms with van der Waals surface area (Å²) in [5.41, 5.74) is 0.800. The van der Waals surface area contributed by atoms with Crippen LogP contribution in [0, 0.1) is 0 Å². The van der Waals surface area contributed by atoms with Crippen LogP contribution in [0.3, 0.4) is 0 Å². The van der Waals surface area contributed by atoms with Gasteiger partial charge in [0.25, 0.3) is 0 Å². The summed E-state index contributed by atoms with van der Waals surface area (Å²) in [6, 6.07) is 0. The first-order valence-corrected chi connectivity index (χ1v) is 3.62. The fourth-order valence-corrected chi connectivity index (χ4v) is 1.33. The van der Waals surface area contributed by atoms with Crippen LogP contribution in [0.1, 0.15) is 25.7 Å². The molecule has 1 unspecified atom stereocenters. The van der Waals surface area contributed by atoms with Gasteiger partial charge in [0.15, 0.2) is 0 Å². The summed E-state index contributed by atoms with van der Waals surface area (Å²) in [4.78, 5) is 0. The maximum absolute atomic E-state index is 8.50. The Morgan fingerprint density at radius 3 is 2.90 bits per heavy atom. The van der Waals surface area contributed by atoms with E-state index in [0.29, 0.717) is 0 Å². The number of oxime groups is 1. The van der Waals surface area contributed by atoms with Gasteiger partial charge in [-0.2, -0.15) is 0 Å². The number of hydrogen-bond acceptors (Lipinski definition) is 3. The Bertz CT molecular complexity index is 134. The minimum atomic E-state index is 0.0683. The molecule has 0 radical (unpaired) electrons. The number of hydrogen-bond donors (Lipinski definition) is 1. The van der Waals surface area contributed by atoms with Gasteiger partial charge < -0.3 is 9.94 Å². The van der Waals surface area contributed by atoms with Gasteiger partial charge in [-0.25, -0.2) is 0 Å². The molecule has 1 atom stereocenters. The zero-order valence-electron chi connectivity index (χ0n) is 6.21. The summed E-state index contributed by atoms with van der Waals surface area (Å²) >= 11 is 0. The second-order valence-corrected chi connectivity index (χ2v) is 2.56. The minimum absolute atomic E-state index is 0.0683. The lowest BCUT2D eigenvalue weighted by atomic mass is 9.96. The van der Waals surface area contributed by atoms with Gasteiger partial charge in [-0.15, -0.1) is 0 Å². The molecule has 0 amide bonds. The smallest absolute Gasteiger partial charge is 0.0985 e. The lowest BCUT2D eigenvalue weighted by molar-refractivity contribution is 0.133. The van der Waals surface area contributed by atoms with Gasteiger partial charge in [0.2, 0.25) is 0 Å². The van der Waals surface area contributed by atoms with Crippen molar-refractivity contribution in [3.8, 4) is 0 Å². The first kappa shape index (κ1) is 7.54. The Morgan fingerprint density at radius 1 is 1.60 bits per heavy atom. The van der Waals surface area contributed by atoms with E-state index in [-0.39, 0.29) is 6.10 Å². The summed E-state index contributed by atoms with van der Waals surface area (Å²) in [7, 11) is 1.65. The SMILES string of the molecule is COC1CCCCC1=NO. The van der Waals surface area contributed by atoms with E-state index in [2.05, 4.69) is 5.16 Å². The van der Waals surface area contributed by atoms with Gasteiger partial charge >= 0.3 is 0 Å². The second-order valence-electron chi connectivity index (χ2n) is 2.56. The maximum Gasteiger partial charge on any atom is 0.0985 e. The molecule has 3 nitrogen and oxygen atoms in total. The fourth-order valence-electron chi connectivity index (χ4n) is 1.33. The first-order valence-electron chi connectivity index (χ1n) is 3.62. The van der Waals surface area contributed by atoms with Crippen molar-refractivity contribution >= 4 is 5.71 Å². The van der Waals surface area contributed by atoms with Crippen LogP contribution in [-0.4, -0.2) is 24.1 Å². The predicted octanol–water partition coefficient (Wildman–Crippen LogP) is 1.41. The highest BCUT2D eigenvalue weighted by atomic mass is 16.5. The summed E-state index contributed by atoms with van der Waals surface area (Å²) in [6.45, 7) is 0. The molecule has 1 aliphatic rings. The average Bonchev–Trinajstić information content (AvgIpc) is 2.04. The molecule has 0 bridgehead atoms. The Morgan fingerprint density at radius 2 is 2.40 bits per heavy atom. The van der Waals surface area contributed by atoms with Crippen molar-refractivity contribution in [2.75, 3.05) is 7.11 Å². The van der Waals surface area contributed by atoms with Crippen LogP contribution in [-0.2, 0) is 4.74 Å². The molecule has 58 valence electrons. The van der Waals surface area contributed by atoms with Crippen LogP contribution in [0.2, 0.25) is 0 Å². The van der Waals surface area contributed by atoms with E-state index in [1.54, 1.807) is 7.11 Å². The normalized spacial score (nSPS) is 30.9. The van der Waals surface area contributed by atoms with Crippen LogP contribution in [0.15, 0.2) is 5.16 Å². The van der Waals surface area contributed by atoms with Crippen molar-refractivity contribution < 1.29 is 9.94 Å². The van der Waals surface area contributed by atoms with Crippen molar-refractivity contribution in [3.63, 3.8) is 0 Å². The molecule has 0 heterocycles. The highest BCUT2D eigenvalue weighted by molar-refractivity contribution is 5.88. The maximum atomic E-state index is 8.50. The van der Waals surface area contributed by atoms with E-state index in [9.17, 15) is 0 Å². The molecule has 0 aromatic carbocycles. The van der Waals surface area contributed by atoms with Crippen LogP contribution < -0.4 is 0 Å². The molecule has 0 saturated heterocycles. The van der Waals surface area contributed by atoms with E-state index in [4.69, 9.17) is 9.94 Å². The van der Waals surface area contributed by atoms with Crippen molar-refractivity contribution in [2.45, 2.75) is 31.8 Å². The molecule has 1 N–H and O–H groups in total. The zero-order valence-corrected chi connectivity index (χ0v) is 6.21. The van der Waals surface area contributed by atoms with Gasteiger partial charge in [0.1, 0.15) is 0 Å².